The number of benzene rings is 1. The lowest BCUT2D eigenvalue weighted by molar-refractivity contribution is 0.319. The zero-order valence-corrected chi connectivity index (χ0v) is 10.8. The molecule has 2 nitrogen and oxygen atoms in total. The minimum atomic E-state index is 0.265. The zero-order chi connectivity index (χ0) is 12.0. The minimum Gasteiger partial charge on any atom is -0.330 e. The monoisotopic (exact) mass is 240 g/mol. The number of hydrogen-bond donors (Lipinski definition) is 2. The molecular formula is C13H21ClN2. The van der Waals surface area contributed by atoms with Gasteiger partial charge in [0.15, 0.2) is 0 Å². The van der Waals surface area contributed by atoms with Crippen molar-refractivity contribution in [3.05, 3.63) is 34.9 Å². The first kappa shape index (κ1) is 13.5. The van der Waals surface area contributed by atoms with Gasteiger partial charge in [0.05, 0.1) is 0 Å². The molecule has 0 aliphatic rings. The van der Waals surface area contributed by atoms with E-state index in [1.54, 1.807) is 0 Å². The van der Waals surface area contributed by atoms with Crippen molar-refractivity contribution in [2.75, 3.05) is 13.1 Å². The number of nitrogens with two attached hydrogens (primary N) is 1. The maximum absolute atomic E-state index is 5.83. The SMILES string of the molecule is CC(C)(CCN)CNCc1ccc(Cl)cc1. The quantitative estimate of drug-likeness (QED) is 0.803. The first-order valence-corrected chi connectivity index (χ1v) is 6.06. The second-order valence-electron chi connectivity index (χ2n) is 4.93. The lowest BCUT2D eigenvalue weighted by Gasteiger charge is -2.24. The van der Waals surface area contributed by atoms with Gasteiger partial charge in [0.25, 0.3) is 0 Å². The van der Waals surface area contributed by atoms with Gasteiger partial charge in [0, 0.05) is 18.1 Å². The van der Waals surface area contributed by atoms with E-state index in [1.165, 1.54) is 5.56 Å². The van der Waals surface area contributed by atoms with Crippen LogP contribution in [0, 0.1) is 5.41 Å². The first-order chi connectivity index (χ1) is 7.53. The fourth-order valence-electron chi connectivity index (χ4n) is 1.63. The lowest BCUT2D eigenvalue weighted by atomic mass is 9.89. The van der Waals surface area contributed by atoms with Gasteiger partial charge in [-0.15, -0.1) is 0 Å². The topological polar surface area (TPSA) is 38.0 Å². The van der Waals surface area contributed by atoms with Crippen LogP contribution in [-0.2, 0) is 6.54 Å². The maximum Gasteiger partial charge on any atom is 0.0406 e. The Morgan fingerprint density at radius 1 is 1.25 bits per heavy atom. The van der Waals surface area contributed by atoms with E-state index in [2.05, 4.69) is 19.2 Å². The molecule has 0 aliphatic heterocycles. The van der Waals surface area contributed by atoms with Crippen LogP contribution in [0.2, 0.25) is 5.02 Å². The minimum absolute atomic E-state index is 0.265. The third-order valence-corrected chi connectivity index (χ3v) is 2.92. The predicted octanol–water partition coefficient (Wildman–Crippen LogP) is 2.80. The summed E-state index contributed by atoms with van der Waals surface area (Å²) in [5.41, 5.74) is 7.09. The second kappa shape index (κ2) is 6.24. The molecule has 0 spiro atoms. The summed E-state index contributed by atoms with van der Waals surface area (Å²) in [5.74, 6) is 0. The molecule has 0 amide bonds. The highest BCUT2D eigenvalue weighted by Crippen LogP contribution is 2.18. The van der Waals surface area contributed by atoms with Crippen molar-refractivity contribution >= 4 is 11.6 Å². The van der Waals surface area contributed by atoms with Gasteiger partial charge in [0.2, 0.25) is 0 Å². The van der Waals surface area contributed by atoms with Gasteiger partial charge in [-0.2, -0.15) is 0 Å². The number of nitrogens with one attached hydrogen (secondary N) is 1. The largest absolute Gasteiger partial charge is 0.330 e. The fourth-order valence-corrected chi connectivity index (χ4v) is 1.75. The van der Waals surface area contributed by atoms with Crippen molar-refractivity contribution in [1.82, 2.24) is 5.32 Å². The van der Waals surface area contributed by atoms with Crippen molar-refractivity contribution in [2.45, 2.75) is 26.8 Å². The van der Waals surface area contributed by atoms with Gasteiger partial charge in [-0.05, 0) is 36.1 Å². The third-order valence-electron chi connectivity index (χ3n) is 2.67. The average Bonchev–Trinajstić information content (AvgIpc) is 2.20. The Morgan fingerprint density at radius 3 is 2.44 bits per heavy atom. The maximum atomic E-state index is 5.83. The Morgan fingerprint density at radius 2 is 1.88 bits per heavy atom. The smallest absolute Gasteiger partial charge is 0.0406 e. The molecule has 0 heterocycles. The van der Waals surface area contributed by atoms with Crippen LogP contribution in [0.5, 0.6) is 0 Å². The summed E-state index contributed by atoms with van der Waals surface area (Å²) in [5, 5.41) is 4.23. The van der Waals surface area contributed by atoms with Gasteiger partial charge in [-0.25, -0.2) is 0 Å². The Kier molecular flexibility index (Phi) is 5.26. The molecule has 0 radical (unpaired) electrons. The summed E-state index contributed by atoms with van der Waals surface area (Å²) >= 11 is 5.83. The molecular weight excluding hydrogens is 220 g/mol. The molecule has 0 unspecified atom stereocenters. The van der Waals surface area contributed by atoms with E-state index < -0.39 is 0 Å². The summed E-state index contributed by atoms with van der Waals surface area (Å²) in [6.45, 7) is 7.07. The molecule has 0 bridgehead atoms. The third kappa shape index (κ3) is 4.97. The molecule has 1 rings (SSSR count). The van der Waals surface area contributed by atoms with Crippen LogP contribution < -0.4 is 11.1 Å². The van der Waals surface area contributed by atoms with Gasteiger partial charge in [-0.1, -0.05) is 37.6 Å². The van der Waals surface area contributed by atoms with Crippen LogP contribution in [0.1, 0.15) is 25.8 Å². The van der Waals surface area contributed by atoms with Crippen LogP contribution in [-0.4, -0.2) is 13.1 Å². The van der Waals surface area contributed by atoms with Crippen molar-refractivity contribution in [3.8, 4) is 0 Å². The standard InChI is InChI=1S/C13H21ClN2/c1-13(2,7-8-15)10-16-9-11-3-5-12(14)6-4-11/h3-6,16H,7-10,15H2,1-2H3. The summed E-state index contributed by atoms with van der Waals surface area (Å²) < 4.78 is 0. The van der Waals surface area contributed by atoms with Gasteiger partial charge in [-0.3, -0.25) is 0 Å². The normalized spacial score (nSPS) is 11.8. The Hall–Kier alpha value is -0.570. The second-order valence-corrected chi connectivity index (χ2v) is 5.37. The molecule has 0 aliphatic carbocycles. The van der Waals surface area contributed by atoms with Crippen LogP contribution in [0.25, 0.3) is 0 Å². The van der Waals surface area contributed by atoms with E-state index in [1.807, 2.05) is 24.3 Å². The van der Waals surface area contributed by atoms with Gasteiger partial charge in [0.1, 0.15) is 0 Å². The summed E-state index contributed by atoms with van der Waals surface area (Å²) in [6, 6.07) is 7.93. The molecule has 16 heavy (non-hydrogen) atoms. The Bertz CT molecular complexity index is 306. The Labute approximate surface area is 103 Å². The molecule has 0 atom stereocenters. The van der Waals surface area contributed by atoms with Crippen molar-refractivity contribution in [1.29, 1.82) is 0 Å². The number of hydrogen-bond acceptors (Lipinski definition) is 2. The van der Waals surface area contributed by atoms with Crippen molar-refractivity contribution in [2.24, 2.45) is 11.1 Å². The number of halogens is 1. The van der Waals surface area contributed by atoms with E-state index >= 15 is 0 Å². The highest BCUT2D eigenvalue weighted by Gasteiger charge is 2.15. The summed E-state index contributed by atoms with van der Waals surface area (Å²) in [4.78, 5) is 0. The lowest BCUT2D eigenvalue weighted by Crippen LogP contribution is -2.30. The van der Waals surface area contributed by atoms with E-state index in [0.717, 1.165) is 31.1 Å². The van der Waals surface area contributed by atoms with Crippen LogP contribution in [0.4, 0.5) is 0 Å². The Balaban J connectivity index is 2.32. The van der Waals surface area contributed by atoms with Crippen molar-refractivity contribution in [3.63, 3.8) is 0 Å². The zero-order valence-electron chi connectivity index (χ0n) is 10.1. The highest BCUT2D eigenvalue weighted by molar-refractivity contribution is 6.30. The summed E-state index contributed by atoms with van der Waals surface area (Å²) in [6.07, 6.45) is 1.04. The van der Waals surface area contributed by atoms with Crippen molar-refractivity contribution < 1.29 is 0 Å². The van der Waals surface area contributed by atoms with Gasteiger partial charge < -0.3 is 11.1 Å². The van der Waals surface area contributed by atoms with Gasteiger partial charge >= 0.3 is 0 Å². The molecule has 1 aromatic rings. The highest BCUT2D eigenvalue weighted by atomic mass is 35.5. The van der Waals surface area contributed by atoms with Crippen LogP contribution in [0.3, 0.4) is 0 Å². The predicted molar refractivity (Wildman–Crippen MR) is 70.6 cm³/mol. The van der Waals surface area contributed by atoms with E-state index in [4.69, 9.17) is 17.3 Å². The van der Waals surface area contributed by atoms with E-state index in [9.17, 15) is 0 Å². The van der Waals surface area contributed by atoms with E-state index in [-0.39, 0.29) is 5.41 Å². The molecule has 0 saturated heterocycles. The average molecular weight is 241 g/mol. The molecule has 90 valence electrons. The van der Waals surface area contributed by atoms with Crippen LogP contribution >= 0.6 is 11.6 Å². The molecule has 0 aromatic heterocycles. The molecule has 0 saturated carbocycles. The van der Waals surface area contributed by atoms with E-state index in [0.29, 0.717) is 0 Å². The molecule has 3 heteroatoms. The first-order valence-electron chi connectivity index (χ1n) is 5.69. The molecule has 1 aromatic carbocycles. The fraction of sp³-hybridized carbons (Fsp3) is 0.538. The molecule has 3 N–H and O–H groups in total. The summed E-state index contributed by atoms with van der Waals surface area (Å²) in [7, 11) is 0. The molecule has 0 fully saturated rings. The number of rotatable bonds is 6. The van der Waals surface area contributed by atoms with Crippen LogP contribution in [0.15, 0.2) is 24.3 Å².